The van der Waals surface area contributed by atoms with Crippen molar-refractivity contribution in [1.82, 2.24) is 0 Å². The van der Waals surface area contributed by atoms with Crippen LogP contribution in [0.5, 0.6) is 0 Å². The van der Waals surface area contributed by atoms with Crippen molar-refractivity contribution < 1.29 is 42.9 Å². The van der Waals surface area contributed by atoms with Gasteiger partial charge in [-0.15, -0.1) is 0 Å². The van der Waals surface area contributed by atoms with Crippen LogP contribution in [0.4, 0.5) is 0 Å². The highest BCUT2D eigenvalue weighted by Crippen LogP contribution is 2.62. The number of rotatable bonds is 6. The third kappa shape index (κ3) is 3.83. The lowest BCUT2D eigenvalue weighted by Gasteiger charge is -2.30. The van der Waals surface area contributed by atoms with E-state index in [2.05, 4.69) is 6.07 Å². The Hall–Kier alpha value is -2.67. The van der Waals surface area contributed by atoms with Crippen LogP contribution < -0.4 is 0 Å². The van der Waals surface area contributed by atoms with Crippen LogP contribution in [0, 0.1) is 45.3 Å². The molecule has 0 spiro atoms. The highest BCUT2D eigenvalue weighted by Gasteiger charge is 2.72. The third-order valence-electron chi connectivity index (χ3n) is 9.91. The van der Waals surface area contributed by atoms with Gasteiger partial charge in [0.2, 0.25) is 0 Å². The van der Waals surface area contributed by atoms with E-state index in [1.54, 1.807) is 0 Å². The molecule has 6 fully saturated rings. The third-order valence-corrected chi connectivity index (χ3v) is 9.91. The van der Waals surface area contributed by atoms with Crippen LogP contribution in [0.2, 0.25) is 0 Å². The van der Waals surface area contributed by atoms with Crippen molar-refractivity contribution in [2.24, 2.45) is 34.0 Å². The molecule has 0 amide bonds. The first kappa shape index (κ1) is 26.9. The van der Waals surface area contributed by atoms with Crippen molar-refractivity contribution in [2.45, 2.75) is 110 Å². The molecule has 0 aromatic heterocycles. The predicted molar refractivity (Wildman–Crippen MR) is 129 cm³/mol. The van der Waals surface area contributed by atoms with E-state index in [4.69, 9.17) is 23.7 Å². The van der Waals surface area contributed by atoms with E-state index in [0.29, 0.717) is 25.7 Å². The fourth-order valence-electron chi connectivity index (χ4n) is 6.52. The summed E-state index contributed by atoms with van der Waals surface area (Å²) in [6.45, 7) is 11.3. The average Bonchev–Trinajstić information content (AvgIpc) is 3.68. The molecular formula is C28H37NO9. The zero-order valence-electron chi connectivity index (χ0n) is 22.9. The lowest BCUT2D eigenvalue weighted by Crippen LogP contribution is -2.42. The fourth-order valence-corrected chi connectivity index (χ4v) is 6.52. The van der Waals surface area contributed by atoms with Crippen LogP contribution in [0.3, 0.4) is 0 Å². The van der Waals surface area contributed by atoms with Gasteiger partial charge in [0.15, 0.2) is 17.6 Å². The maximum absolute atomic E-state index is 12.2. The highest BCUT2D eigenvalue weighted by atomic mass is 16.7. The number of esters is 4. The Balaban J connectivity index is 0.000000156. The summed E-state index contributed by atoms with van der Waals surface area (Å²) >= 11 is 0. The van der Waals surface area contributed by atoms with Crippen LogP contribution in [0.1, 0.15) is 73.6 Å². The van der Waals surface area contributed by atoms with Gasteiger partial charge in [0, 0.05) is 11.8 Å². The number of fused-ring (bicyclic) bond motifs is 2. The topological polar surface area (TPSA) is 138 Å². The Kier molecular flexibility index (Phi) is 6.33. The van der Waals surface area contributed by atoms with Crippen molar-refractivity contribution in [3.05, 3.63) is 0 Å². The van der Waals surface area contributed by atoms with Gasteiger partial charge in [0.05, 0.1) is 28.9 Å². The Bertz CT molecular complexity index is 1090. The first-order chi connectivity index (χ1) is 17.8. The Morgan fingerprint density at radius 3 is 2.13 bits per heavy atom. The fraction of sp³-hybridized carbons (Fsp3) is 0.821. The van der Waals surface area contributed by atoms with Crippen LogP contribution in [-0.4, -0.2) is 60.5 Å². The average molecular weight is 532 g/mol. The maximum Gasteiger partial charge on any atom is 0.327 e. The van der Waals surface area contributed by atoms with E-state index in [-0.39, 0.29) is 54.0 Å². The molecule has 0 aromatic rings. The number of carbonyl (C=O) groups is 4. The number of nitriles is 1. The first-order valence-electron chi connectivity index (χ1n) is 13.7. The molecule has 4 heterocycles. The van der Waals surface area contributed by atoms with Crippen LogP contribution in [0.25, 0.3) is 0 Å². The minimum Gasteiger partial charge on any atom is -0.458 e. The van der Waals surface area contributed by atoms with Gasteiger partial charge >= 0.3 is 23.9 Å². The summed E-state index contributed by atoms with van der Waals surface area (Å²) in [6.07, 6.45) is 1.25. The normalized spacial score (nSPS) is 41.2. The first-order valence-corrected chi connectivity index (χ1v) is 13.7. The number of nitrogens with zero attached hydrogens (tertiary/aromatic N) is 1. The second kappa shape index (κ2) is 8.94. The summed E-state index contributed by atoms with van der Waals surface area (Å²) in [5.41, 5.74) is -2.01. The molecule has 0 radical (unpaired) electrons. The Morgan fingerprint density at radius 1 is 0.947 bits per heavy atom. The van der Waals surface area contributed by atoms with E-state index >= 15 is 0 Å². The van der Waals surface area contributed by atoms with Crippen LogP contribution >= 0.6 is 0 Å². The van der Waals surface area contributed by atoms with Gasteiger partial charge in [-0.2, -0.15) is 5.26 Å². The van der Waals surface area contributed by atoms with Crippen molar-refractivity contribution in [2.75, 3.05) is 0 Å². The van der Waals surface area contributed by atoms with Crippen molar-refractivity contribution in [3.63, 3.8) is 0 Å². The van der Waals surface area contributed by atoms with Gasteiger partial charge in [0.25, 0.3) is 0 Å². The van der Waals surface area contributed by atoms with Crippen molar-refractivity contribution in [3.8, 4) is 6.07 Å². The van der Waals surface area contributed by atoms with E-state index in [1.165, 1.54) is 0 Å². The molecule has 4 saturated heterocycles. The molecule has 208 valence electrons. The van der Waals surface area contributed by atoms with Gasteiger partial charge in [-0.1, -0.05) is 13.8 Å². The van der Waals surface area contributed by atoms with Gasteiger partial charge in [-0.05, 0) is 59.8 Å². The zero-order chi connectivity index (χ0) is 27.8. The molecule has 38 heavy (non-hydrogen) atoms. The van der Waals surface area contributed by atoms with Gasteiger partial charge < -0.3 is 23.7 Å². The molecule has 0 aromatic carbocycles. The van der Waals surface area contributed by atoms with E-state index in [0.717, 1.165) is 6.42 Å². The monoisotopic (exact) mass is 531 g/mol. The Morgan fingerprint density at radius 2 is 1.55 bits per heavy atom. The molecule has 6 rings (SSSR count). The van der Waals surface area contributed by atoms with Gasteiger partial charge in [0.1, 0.15) is 18.3 Å². The molecular weight excluding hydrogens is 494 g/mol. The van der Waals surface area contributed by atoms with E-state index in [1.807, 2.05) is 41.5 Å². The number of hydrogen-bond donors (Lipinski definition) is 0. The largest absolute Gasteiger partial charge is 0.458 e. The standard InChI is InChI=1S/C15H19NO4.C13H18O5/c1-4-14(2,3)12(17)19-10-8-5-9-11(10)20-13(18)15(9,6-8)7-16;1-4-13(2,3)12(15)18-9-7-5-6-8(16-7)10(9)17-11(6)14/h8-11H,4-6H2,1-3H3;6-10H,4-5H2,1-3H3. The molecule has 10 heteroatoms. The van der Waals surface area contributed by atoms with Crippen LogP contribution in [0.15, 0.2) is 0 Å². The molecule has 2 aliphatic carbocycles. The predicted octanol–water partition coefficient (Wildman–Crippen LogP) is 2.86. The molecule has 10 nitrogen and oxygen atoms in total. The summed E-state index contributed by atoms with van der Waals surface area (Å²) in [5.74, 6) is -1.30. The number of carbonyl (C=O) groups excluding carboxylic acids is 4. The molecule has 10 unspecified atom stereocenters. The molecule has 2 saturated carbocycles. The maximum atomic E-state index is 12.2. The van der Waals surface area contributed by atoms with Gasteiger partial charge in [-0.3, -0.25) is 19.2 Å². The molecule has 4 bridgehead atoms. The number of ether oxygens (including phenoxy) is 5. The molecule has 6 aliphatic rings. The van der Waals surface area contributed by atoms with Crippen molar-refractivity contribution >= 4 is 23.9 Å². The molecule has 0 N–H and O–H groups in total. The zero-order valence-corrected chi connectivity index (χ0v) is 22.9. The summed E-state index contributed by atoms with van der Waals surface area (Å²) < 4.78 is 27.5. The SMILES string of the molecule is CCC(C)(C)C(=O)OC1C2CC3C(=O)OC1C3O2.CCC(C)(C)C(=O)OC1C2CC3C1OC(=O)C3(C#N)C2. The lowest BCUT2D eigenvalue weighted by molar-refractivity contribution is -0.170. The van der Waals surface area contributed by atoms with Gasteiger partial charge in [-0.25, -0.2) is 0 Å². The van der Waals surface area contributed by atoms with Crippen molar-refractivity contribution in [1.29, 1.82) is 5.26 Å². The lowest BCUT2D eigenvalue weighted by atomic mass is 9.74. The quantitative estimate of drug-likeness (QED) is 0.371. The molecule has 10 atom stereocenters. The van der Waals surface area contributed by atoms with Crippen LogP contribution in [-0.2, 0) is 42.9 Å². The summed E-state index contributed by atoms with van der Waals surface area (Å²) in [7, 11) is 0. The second-order valence-electron chi connectivity index (χ2n) is 12.9. The highest BCUT2D eigenvalue weighted by molar-refractivity contribution is 5.85. The minimum absolute atomic E-state index is 0.0766. The van der Waals surface area contributed by atoms with E-state index < -0.39 is 40.5 Å². The second-order valence-corrected chi connectivity index (χ2v) is 12.9. The summed E-state index contributed by atoms with van der Waals surface area (Å²) in [5, 5.41) is 9.31. The Labute approximate surface area is 222 Å². The van der Waals surface area contributed by atoms with E-state index in [9.17, 15) is 24.4 Å². The minimum atomic E-state index is -0.974. The summed E-state index contributed by atoms with van der Waals surface area (Å²) in [4.78, 5) is 47.8. The molecule has 4 aliphatic heterocycles. The summed E-state index contributed by atoms with van der Waals surface area (Å²) in [6, 6.07) is 2.15. The number of hydrogen-bond acceptors (Lipinski definition) is 10. The smallest absolute Gasteiger partial charge is 0.327 e.